The van der Waals surface area contributed by atoms with E-state index in [1.54, 1.807) is 0 Å². The highest BCUT2D eigenvalue weighted by molar-refractivity contribution is 5.12. The van der Waals surface area contributed by atoms with E-state index in [-0.39, 0.29) is 0 Å². The smallest absolute Gasteiger partial charge is 0.125 e. The Bertz CT molecular complexity index is 197. The molecule has 0 aliphatic heterocycles. The van der Waals surface area contributed by atoms with E-state index >= 15 is 0 Å². The number of rotatable bonds is 0. The molecule has 60 valence electrons. The molecule has 0 aromatic carbocycles. The summed E-state index contributed by atoms with van der Waals surface area (Å²) in [6.45, 7) is 0. The SMILES string of the molecule is C#CC1(O)CCC2(CC1)CC2. The summed E-state index contributed by atoms with van der Waals surface area (Å²) in [5.74, 6) is 2.50. The quantitative estimate of drug-likeness (QED) is 0.521. The molecule has 2 fully saturated rings. The van der Waals surface area contributed by atoms with Crippen molar-refractivity contribution in [3.8, 4) is 12.3 Å². The molecule has 2 aliphatic rings. The van der Waals surface area contributed by atoms with Crippen LogP contribution in [0, 0.1) is 17.8 Å². The van der Waals surface area contributed by atoms with Gasteiger partial charge in [-0.3, -0.25) is 0 Å². The molecule has 0 saturated heterocycles. The number of aliphatic hydroxyl groups is 1. The topological polar surface area (TPSA) is 20.2 Å². The zero-order chi connectivity index (χ0) is 7.95. The second kappa shape index (κ2) is 2.01. The third-order valence-electron chi connectivity index (χ3n) is 3.36. The van der Waals surface area contributed by atoms with E-state index in [2.05, 4.69) is 5.92 Å². The van der Waals surface area contributed by atoms with Gasteiger partial charge in [0.05, 0.1) is 0 Å². The van der Waals surface area contributed by atoms with Crippen molar-refractivity contribution in [3.63, 3.8) is 0 Å². The molecule has 1 N–H and O–H groups in total. The summed E-state index contributed by atoms with van der Waals surface area (Å²) in [5, 5.41) is 9.70. The average Bonchev–Trinajstić information content (AvgIpc) is 2.78. The molecule has 0 aromatic rings. The Morgan fingerprint density at radius 3 is 1.82 bits per heavy atom. The summed E-state index contributed by atoms with van der Waals surface area (Å²) >= 11 is 0. The minimum absolute atomic E-state index is 0.628. The normalized spacial score (nSPS) is 31.3. The van der Waals surface area contributed by atoms with Gasteiger partial charge in [-0.15, -0.1) is 6.42 Å². The van der Waals surface area contributed by atoms with E-state index in [0.29, 0.717) is 5.41 Å². The maximum Gasteiger partial charge on any atom is 0.125 e. The molecule has 0 aromatic heterocycles. The van der Waals surface area contributed by atoms with Crippen molar-refractivity contribution in [2.75, 3.05) is 0 Å². The van der Waals surface area contributed by atoms with Gasteiger partial charge < -0.3 is 5.11 Å². The van der Waals surface area contributed by atoms with Gasteiger partial charge in [0.2, 0.25) is 0 Å². The highest BCUT2D eigenvalue weighted by Crippen LogP contribution is 2.57. The summed E-state index contributed by atoms with van der Waals surface area (Å²) in [4.78, 5) is 0. The predicted octanol–water partition coefficient (Wildman–Crippen LogP) is 1.70. The lowest BCUT2D eigenvalue weighted by Gasteiger charge is -2.32. The van der Waals surface area contributed by atoms with E-state index in [4.69, 9.17) is 6.42 Å². The van der Waals surface area contributed by atoms with E-state index < -0.39 is 5.60 Å². The van der Waals surface area contributed by atoms with Gasteiger partial charge in [0, 0.05) is 0 Å². The van der Waals surface area contributed by atoms with Gasteiger partial charge in [-0.2, -0.15) is 0 Å². The summed E-state index contributed by atoms with van der Waals surface area (Å²) in [6.07, 6.45) is 11.9. The lowest BCUT2D eigenvalue weighted by atomic mass is 9.77. The first-order chi connectivity index (χ1) is 5.18. The maximum absolute atomic E-state index is 9.70. The van der Waals surface area contributed by atoms with Crippen molar-refractivity contribution in [3.05, 3.63) is 0 Å². The lowest BCUT2D eigenvalue weighted by molar-refractivity contribution is 0.0392. The first-order valence-electron chi connectivity index (χ1n) is 4.38. The van der Waals surface area contributed by atoms with Crippen LogP contribution in [0.4, 0.5) is 0 Å². The fourth-order valence-electron chi connectivity index (χ4n) is 2.02. The third kappa shape index (κ3) is 1.16. The Balaban J connectivity index is 2.00. The largest absolute Gasteiger partial charge is 0.378 e. The maximum atomic E-state index is 9.70. The molecule has 0 atom stereocenters. The zero-order valence-corrected chi connectivity index (χ0v) is 6.77. The van der Waals surface area contributed by atoms with Crippen LogP contribution < -0.4 is 0 Å². The Morgan fingerprint density at radius 1 is 1.00 bits per heavy atom. The molecule has 2 aliphatic carbocycles. The Morgan fingerprint density at radius 2 is 1.45 bits per heavy atom. The van der Waals surface area contributed by atoms with Crippen LogP contribution >= 0.6 is 0 Å². The average molecular weight is 150 g/mol. The molecule has 2 saturated carbocycles. The molecular formula is C10H14O. The molecule has 0 bridgehead atoms. The lowest BCUT2D eigenvalue weighted by Crippen LogP contribution is -2.32. The number of hydrogen-bond donors (Lipinski definition) is 1. The first-order valence-corrected chi connectivity index (χ1v) is 4.38. The van der Waals surface area contributed by atoms with Crippen molar-refractivity contribution in [1.29, 1.82) is 0 Å². The van der Waals surface area contributed by atoms with Gasteiger partial charge >= 0.3 is 0 Å². The fourth-order valence-corrected chi connectivity index (χ4v) is 2.02. The minimum Gasteiger partial charge on any atom is -0.378 e. The monoisotopic (exact) mass is 150 g/mol. The molecule has 0 radical (unpaired) electrons. The van der Waals surface area contributed by atoms with Crippen molar-refractivity contribution >= 4 is 0 Å². The first kappa shape index (κ1) is 7.18. The van der Waals surface area contributed by atoms with E-state index in [1.165, 1.54) is 12.8 Å². The Labute approximate surface area is 67.8 Å². The third-order valence-corrected chi connectivity index (χ3v) is 3.36. The van der Waals surface area contributed by atoms with E-state index in [9.17, 15) is 5.11 Å². The van der Waals surface area contributed by atoms with E-state index in [0.717, 1.165) is 25.7 Å². The number of terminal acetylenes is 1. The molecule has 11 heavy (non-hydrogen) atoms. The highest BCUT2D eigenvalue weighted by Gasteiger charge is 2.48. The van der Waals surface area contributed by atoms with Crippen LogP contribution in [0.5, 0.6) is 0 Å². The molecular weight excluding hydrogens is 136 g/mol. The van der Waals surface area contributed by atoms with Crippen LogP contribution in [0.1, 0.15) is 38.5 Å². The van der Waals surface area contributed by atoms with Crippen molar-refractivity contribution in [2.24, 2.45) is 5.41 Å². The summed E-state index contributed by atoms with van der Waals surface area (Å²) in [7, 11) is 0. The molecule has 1 nitrogen and oxygen atoms in total. The fraction of sp³-hybridized carbons (Fsp3) is 0.800. The molecule has 1 heteroatoms. The molecule has 0 heterocycles. The van der Waals surface area contributed by atoms with Crippen LogP contribution in [0.2, 0.25) is 0 Å². The van der Waals surface area contributed by atoms with Crippen LogP contribution in [0.25, 0.3) is 0 Å². The molecule has 0 unspecified atom stereocenters. The second-order valence-electron chi connectivity index (χ2n) is 4.18. The number of hydrogen-bond acceptors (Lipinski definition) is 1. The minimum atomic E-state index is -0.756. The van der Waals surface area contributed by atoms with Gasteiger partial charge in [0.1, 0.15) is 5.60 Å². The van der Waals surface area contributed by atoms with Crippen molar-refractivity contribution < 1.29 is 5.11 Å². The van der Waals surface area contributed by atoms with E-state index in [1.807, 2.05) is 0 Å². The predicted molar refractivity (Wildman–Crippen MR) is 43.9 cm³/mol. The Hall–Kier alpha value is -0.480. The van der Waals surface area contributed by atoms with Crippen molar-refractivity contribution in [1.82, 2.24) is 0 Å². The molecule has 0 amide bonds. The van der Waals surface area contributed by atoms with Gasteiger partial charge in [0.25, 0.3) is 0 Å². The van der Waals surface area contributed by atoms with Crippen LogP contribution in [-0.2, 0) is 0 Å². The van der Waals surface area contributed by atoms with Gasteiger partial charge in [-0.25, -0.2) is 0 Å². The van der Waals surface area contributed by atoms with Gasteiger partial charge in [-0.05, 0) is 43.9 Å². The second-order valence-corrected chi connectivity index (χ2v) is 4.18. The van der Waals surface area contributed by atoms with Crippen LogP contribution in [0.3, 0.4) is 0 Å². The summed E-state index contributed by atoms with van der Waals surface area (Å²) in [5.41, 5.74) is -0.128. The Kier molecular flexibility index (Phi) is 1.32. The standard InChI is InChI=1S/C10H14O/c1-2-10(11)7-5-9(3-4-9)6-8-10/h1,11H,3-8H2. The van der Waals surface area contributed by atoms with Crippen LogP contribution in [-0.4, -0.2) is 10.7 Å². The molecule has 1 spiro atoms. The van der Waals surface area contributed by atoms with Crippen LogP contribution in [0.15, 0.2) is 0 Å². The van der Waals surface area contributed by atoms with Gasteiger partial charge in [0.15, 0.2) is 0 Å². The zero-order valence-electron chi connectivity index (χ0n) is 6.77. The van der Waals surface area contributed by atoms with Gasteiger partial charge in [-0.1, -0.05) is 5.92 Å². The van der Waals surface area contributed by atoms with Crippen molar-refractivity contribution in [2.45, 2.75) is 44.1 Å². The molecule has 2 rings (SSSR count). The highest BCUT2D eigenvalue weighted by atomic mass is 16.3. The summed E-state index contributed by atoms with van der Waals surface area (Å²) < 4.78 is 0. The summed E-state index contributed by atoms with van der Waals surface area (Å²) in [6, 6.07) is 0.